The van der Waals surface area contributed by atoms with E-state index >= 15 is 0 Å². The molecule has 0 aliphatic carbocycles. The number of nitrogens with one attached hydrogen (secondary N) is 1. The third-order valence-corrected chi connectivity index (χ3v) is 5.14. The van der Waals surface area contributed by atoms with Crippen molar-refractivity contribution in [3.8, 4) is 0 Å². The maximum absolute atomic E-state index is 12.6. The van der Waals surface area contributed by atoms with Crippen LogP contribution in [0.15, 0.2) is 45.7 Å². The summed E-state index contributed by atoms with van der Waals surface area (Å²) in [6.07, 6.45) is 1.81. The number of ketones is 1. The van der Waals surface area contributed by atoms with Gasteiger partial charge in [0.05, 0.1) is 5.52 Å². The van der Waals surface area contributed by atoms with Crippen LogP contribution >= 0.6 is 23.1 Å². The molecule has 6 nitrogen and oxygen atoms in total. The molecule has 128 valence electrons. The molecule has 3 rings (SSSR count). The second-order valence-corrected chi connectivity index (χ2v) is 7.00. The molecule has 1 aromatic carbocycles. The number of thioether (sulfide) groups is 1. The van der Waals surface area contributed by atoms with E-state index in [1.165, 1.54) is 34.6 Å². The standard InChI is InChI=1S/C17H15N3O3S2/c1-10(21)11-4-3-5-12(8-11)18-14(22)9-20-16(23)15-13(6-7-25-15)19-17(20)24-2/h3-8H,9H2,1-2H3,(H,18,22). The van der Waals surface area contributed by atoms with Gasteiger partial charge in [-0.05, 0) is 36.8 Å². The number of rotatable bonds is 5. The Hall–Kier alpha value is -2.45. The number of Topliss-reactive ketones (excluding diaryl/α,β-unsaturated/α-hetero) is 1. The fraction of sp³-hybridized carbons (Fsp3) is 0.176. The topological polar surface area (TPSA) is 81.1 Å². The molecule has 0 spiro atoms. The molecule has 0 fully saturated rings. The zero-order valence-corrected chi connectivity index (χ0v) is 15.2. The molecule has 1 N–H and O–H groups in total. The van der Waals surface area contributed by atoms with Crippen LogP contribution in [0.1, 0.15) is 17.3 Å². The van der Waals surface area contributed by atoms with E-state index in [1.54, 1.807) is 35.7 Å². The van der Waals surface area contributed by atoms with Crippen LogP contribution in [0, 0.1) is 0 Å². The van der Waals surface area contributed by atoms with Crippen molar-refractivity contribution in [2.24, 2.45) is 0 Å². The molecule has 0 aliphatic heterocycles. The number of anilines is 1. The Kier molecular flexibility index (Phi) is 5.00. The van der Waals surface area contributed by atoms with E-state index in [4.69, 9.17) is 0 Å². The molecule has 3 aromatic rings. The summed E-state index contributed by atoms with van der Waals surface area (Å²) in [5.41, 5.74) is 1.45. The van der Waals surface area contributed by atoms with E-state index in [2.05, 4.69) is 10.3 Å². The van der Waals surface area contributed by atoms with Crippen LogP contribution in [0.4, 0.5) is 5.69 Å². The number of aromatic nitrogens is 2. The quantitative estimate of drug-likeness (QED) is 0.422. The van der Waals surface area contributed by atoms with Gasteiger partial charge in [0.2, 0.25) is 5.91 Å². The minimum absolute atomic E-state index is 0.0793. The minimum Gasteiger partial charge on any atom is -0.325 e. The third kappa shape index (κ3) is 3.64. The maximum Gasteiger partial charge on any atom is 0.272 e. The van der Waals surface area contributed by atoms with E-state index in [0.717, 1.165) is 0 Å². The smallest absolute Gasteiger partial charge is 0.272 e. The fourth-order valence-corrected chi connectivity index (χ4v) is 3.71. The van der Waals surface area contributed by atoms with Crippen molar-refractivity contribution in [2.75, 3.05) is 11.6 Å². The molecule has 2 aromatic heterocycles. The van der Waals surface area contributed by atoms with Crippen LogP contribution in [0.25, 0.3) is 10.2 Å². The molecule has 0 atom stereocenters. The van der Waals surface area contributed by atoms with Crippen molar-refractivity contribution >= 4 is 50.7 Å². The summed E-state index contributed by atoms with van der Waals surface area (Å²) in [5, 5.41) is 5.02. The van der Waals surface area contributed by atoms with Gasteiger partial charge in [-0.3, -0.25) is 19.0 Å². The van der Waals surface area contributed by atoms with Gasteiger partial charge in [-0.1, -0.05) is 23.9 Å². The lowest BCUT2D eigenvalue weighted by molar-refractivity contribution is -0.116. The average molecular weight is 373 g/mol. The summed E-state index contributed by atoms with van der Waals surface area (Å²) in [4.78, 5) is 40.8. The summed E-state index contributed by atoms with van der Waals surface area (Å²) in [6, 6.07) is 8.48. The van der Waals surface area contributed by atoms with Crippen LogP contribution < -0.4 is 10.9 Å². The van der Waals surface area contributed by atoms with Gasteiger partial charge in [-0.25, -0.2) is 4.98 Å². The Balaban J connectivity index is 1.87. The molecule has 25 heavy (non-hydrogen) atoms. The predicted molar refractivity (Wildman–Crippen MR) is 101 cm³/mol. The molecule has 0 aliphatic rings. The summed E-state index contributed by atoms with van der Waals surface area (Å²) in [5.74, 6) is -0.430. The van der Waals surface area contributed by atoms with Gasteiger partial charge in [0.15, 0.2) is 10.9 Å². The molecule has 0 saturated carbocycles. The third-order valence-electron chi connectivity index (χ3n) is 3.57. The SMILES string of the molecule is CSc1nc2ccsc2c(=O)n1CC(=O)Nc1cccc(C(C)=O)c1. The Labute approximate surface area is 151 Å². The number of hydrogen-bond acceptors (Lipinski definition) is 6. The highest BCUT2D eigenvalue weighted by Gasteiger charge is 2.14. The van der Waals surface area contributed by atoms with E-state index in [9.17, 15) is 14.4 Å². The molecule has 8 heteroatoms. The van der Waals surface area contributed by atoms with E-state index < -0.39 is 0 Å². The van der Waals surface area contributed by atoms with Crippen LogP contribution in [-0.4, -0.2) is 27.5 Å². The van der Waals surface area contributed by atoms with Crippen LogP contribution in [0.5, 0.6) is 0 Å². The number of amides is 1. The lowest BCUT2D eigenvalue weighted by Crippen LogP contribution is -2.29. The summed E-state index contributed by atoms with van der Waals surface area (Å²) in [7, 11) is 0. The van der Waals surface area contributed by atoms with Gasteiger partial charge in [0, 0.05) is 11.3 Å². The van der Waals surface area contributed by atoms with Gasteiger partial charge in [-0.15, -0.1) is 11.3 Å². The average Bonchev–Trinajstić information content (AvgIpc) is 3.06. The lowest BCUT2D eigenvalue weighted by Gasteiger charge is -2.11. The first kappa shape index (κ1) is 17.4. The highest BCUT2D eigenvalue weighted by molar-refractivity contribution is 7.98. The van der Waals surface area contributed by atoms with Crippen LogP contribution in [-0.2, 0) is 11.3 Å². The minimum atomic E-state index is -0.351. The molecule has 0 unspecified atom stereocenters. The molecule has 0 saturated heterocycles. The zero-order chi connectivity index (χ0) is 18.0. The number of carbonyl (C=O) groups is 2. The largest absolute Gasteiger partial charge is 0.325 e. The van der Waals surface area contributed by atoms with Gasteiger partial charge < -0.3 is 5.32 Å². The Morgan fingerprint density at radius 3 is 2.84 bits per heavy atom. The van der Waals surface area contributed by atoms with Crippen molar-refractivity contribution in [2.45, 2.75) is 18.6 Å². The highest BCUT2D eigenvalue weighted by Crippen LogP contribution is 2.19. The number of hydrogen-bond donors (Lipinski definition) is 1. The lowest BCUT2D eigenvalue weighted by atomic mass is 10.1. The number of carbonyl (C=O) groups excluding carboxylic acids is 2. The van der Waals surface area contributed by atoms with Gasteiger partial charge in [-0.2, -0.15) is 0 Å². The first-order chi connectivity index (χ1) is 12.0. The van der Waals surface area contributed by atoms with Crippen molar-refractivity contribution in [3.63, 3.8) is 0 Å². The number of thiophene rings is 1. The van der Waals surface area contributed by atoms with Crippen LogP contribution in [0.2, 0.25) is 0 Å². The molecular formula is C17H15N3O3S2. The van der Waals surface area contributed by atoms with Crippen molar-refractivity contribution in [3.05, 3.63) is 51.6 Å². The second kappa shape index (κ2) is 7.20. The summed E-state index contributed by atoms with van der Waals surface area (Å²) < 4.78 is 1.90. The maximum atomic E-state index is 12.6. The molecule has 1 amide bonds. The van der Waals surface area contributed by atoms with E-state index in [-0.39, 0.29) is 23.8 Å². The molecule has 0 bridgehead atoms. The summed E-state index contributed by atoms with van der Waals surface area (Å²) >= 11 is 2.62. The summed E-state index contributed by atoms with van der Waals surface area (Å²) in [6.45, 7) is 1.33. The Bertz CT molecular complexity index is 1020. The first-order valence-electron chi connectivity index (χ1n) is 7.42. The van der Waals surface area contributed by atoms with Gasteiger partial charge in [0.25, 0.3) is 5.56 Å². The predicted octanol–water partition coefficient (Wildman–Crippen LogP) is 3.02. The molecule has 2 heterocycles. The fourth-order valence-electron chi connectivity index (χ4n) is 2.38. The molecule has 0 radical (unpaired) electrons. The zero-order valence-electron chi connectivity index (χ0n) is 13.6. The Morgan fingerprint density at radius 1 is 1.32 bits per heavy atom. The van der Waals surface area contributed by atoms with Gasteiger partial charge >= 0.3 is 0 Å². The second-order valence-electron chi connectivity index (χ2n) is 5.31. The van der Waals surface area contributed by atoms with Crippen molar-refractivity contribution in [1.29, 1.82) is 0 Å². The monoisotopic (exact) mass is 373 g/mol. The number of fused-ring (bicyclic) bond motifs is 1. The number of benzene rings is 1. The molecular weight excluding hydrogens is 358 g/mol. The Morgan fingerprint density at radius 2 is 2.12 bits per heavy atom. The van der Waals surface area contributed by atoms with Crippen molar-refractivity contribution in [1.82, 2.24) is 9.55 Å². The van der Waals surface area contributed by atoms with Crippen LogP contribution in [0.3, 0.4) is 0 Å². The number of nitrogens with zero attached hydrogens (tertiary/aromatic N) is 2. The van der Waals surface area contributed by atoms with E-state index in [1.807, 2.05) is 6.26 Å². The van der Waals surface area contributed by atoms with E-state index in [0.29, 0.717) is 26.6 Å². The highest BCUT2D eigenvalue weighted by atomic mass is 32.2. The van der Waals surface area contributed by atoms with Crippen molar-refractivity contribution < 1.29 is 9.59 Å². The van der Waals surface area contributed by atoms with Gasteiger partial charge in [0.1, 0.15) is 11.2 Å². The normalized spacial score (nSPS) is 10.8. The first-order valence-corrected chi connectivity index (χ1v) is 9.53.